The zero-order chi connectivity index (χ0) is 20.5. The van der Waals surface area contributed by atoms with Gasteiger partial charge in [-0.2, -0.15) is 5.43 Å². The lowest BCUT2D eigenvalue weighted by Crippen LogP contribution is -2.49. The van der Waals surface area contributed by atoms with Gasteiger partial charge in [-0.15, -0.1) is 0 Å². The minimum atomic E-state index is -3.25. The molecule has 1 atom stereocenters. The van der Waals surface area contributed by atoms with Gasteiger partial charge in [0.1, 0.15) is 0 Å². The molecule has 1 unspecified atom stereocenters. The number of nitrogens with zero attached hydrogens (tertiary/aromatic N) is 1. The Morgan fingerprint density at radius 1 is 1.18 bits per heavy atom. The minimum Gasteiger partial charge on any atom is -0.369 e. The largest absolute Gasteiger partial charge is 0.369 e. The SMILES string of the molecule is CC1(Nc2cc(Cl)c(-c3ccc(CNS(C)(=O)=O)cc3)c(Cl)c2)N=C(N)NN1. The number of benzene rings is 2. The van der Waals surface area contributed by atoms with Crippen LogP contribution in [0.5, 0.6) is 0 Å². The van der Waals surface area contributed by atoms with Crippen LogP contribution < -0.4 is 26.6 Å². The fourth-order valence-corrected chi connectivity index (χ4v) is 3.88. The molecule has 11 heteroatoms. The van der Waals surface area contributed by atoms with Crippen molar-refractivity contribution >= 4 is 44.9 Å². The predicted octanol–water partition coefficient (Wildman–Crippen LogP) is 2.22. The first-order chi connectivity index (χ1) is 13.0. The Morgan fingerprint density at radius 3 is 2.29 bits per heavy atom. The summed E-state index contributed by atoms with van der Waals surface area (Å²) in [4.78, 5) is 4.23. The van der Waals surface area contributed by atoms with Crippen LogP contribution in [0.25, 0.3) is 11.1 Å². The molecule has 6 N–H and O–H groups in total. The number of hydrazine groups is 1. The molecule has 2 aromatic carbocycles. The summed E-state index contributed by atoms with van der Waals surface area (Å²) in [6, 6.07) is 10.8. The van der Waals surface area contributed by atoms with Crippen molar-refractivity contribution in [2.45, 2.75) is 19.3 Å². The summed E-state index contributed by atoms with van der Waals surface area (Å²) >= 11 is 13.0. The van der Waals surface area contributed by atoms with E-state index in [-0.39, 0.29) is 12.5 Å². The summed E-state index contributed by atoms with van der Waals surface area (Å²) in [6.45, 7) is 2.02. The molecule has 1 heterocycles. The van der Waals surface area contributed by atoms with E-state index < -0.39 is 15.8 Å². The van der Waals surface area contributed by atoms with E-state index in [0.29, 0.717) is 21.3 Å². The standard InChI is InChI=1S/C17H20Cl2N6O2S/c1-17(23-16(20)24-25-17)22-12-7-13(18)15(14(19)8-12)11-5-3-10(4-6-11)9-21-28(2,26)27/h3-8,21-22,25H,9H2,1-2H3,(H3,20,23,24). The van der Waals surface area contributed by atoms with Crippen LogP contribution in [0.4, 0.5) is 5.69 Å². The normalized spacial score (nSPS) is 19.2. The van der Waals surface area contributed by atoms with E-state index in [0.717, 1.165) is 17.4 Å². The first-order valence-electron chi connectivity index (χ1n) is 8.24. The zero-order valence-electron chi connectivity index (χ0n) is 15.2. The van der Waals surface area contributed by atoms with Gasteiger partial charge in [0, 0.05) is 17.8 Å². The number of sulfonamides is 1. The Bertz CT molecular complexity index is 1000. The quantitative estimate of drug-likeness (QED) is 0.467. The van der Waals surface area contributed by atoms with Crippen molar-refractivity contribution < 1.29 is 8.42 Å². The van der Waals surface area contributed by atoms with Gasteiger partial charge >= 0.3 is 0 Å². The van der Waals surface area contributed by atoms with Crippen molar-refractivity contribution in [2.24, 2.45) is 10.7 Å². The van der Waals surface area contributed by atoms with Gasteiger partial charge in [-0.25, -0.2) is 18.1 Å². The smallest absolute Gasteiger partial charge is 0.209 e. The van der Waals surface area contributed by atoms with Crippen LogP contribution in [0, 0.1) is 0 Å². The maximum atomic E-state index is 11.2. The topological polar surface area (TPSA) is 121 Å². The first-order valence-corrected chi connectivity index (χ1v) is 10.9. The number of anilines is 1. The third-order valence-corrected chi connectivity index (χ3v) is 5.25. The van der Waals surface area contributed by atoms with Gasteiger partial charge in [-0.1, -0.05) is 47.5 Å². The lowest BCUT2D eigenvalue weighted by atomic mass is 10.0. The summed E-state index contributed by atoms with van der Waals surface area (Å²) in [5.74, 6) is -0.554. The highest BCUT2D eigenvalue weighted by molar-refractivity contribution is 7.88. The van der Waals surface area contributed by atoms with E-state index in [1.807, 2.05) is 24.3 Å². The predicted molar refractivity (Wildman–Crippen MR) is 114 cm³/mol. The second-order valence-electron chi connectivity index (χ2n) is 6.55. The van der Waals surface area contributed by atoms with Crippen molar-refractivity contribution in [3.63, 3.8) is 0 Å². The van der Waals surface area contributed by atoms with Crippen LogP contribution in [0.15, 0.2) is 41.4 Å². The highest BCUT2D eigenvalue weighted by Crippen LogP contribution is 2.38. The highest BCUT2D eigenvalue weighted by atomic mass is 35.5. The van der Waals surface area contributed by atoms with E-state index in [4.69, 9.17) is 28.9 Å². The number of rotatable bonds is 6. The van der Waals surface area contributed by atoms with Crippen LogP contribution in [0.2, 0.25) is 10.0 Å². The van der Waals surface area contributed by atoms with E-state index >= 15 is 0 Å². The molecule has 0 aromatic heterocycles. The third-order valence-electron chi connectivity index (χ3n) is 3.99. The molecule has 8 nitrogen and oxygen atoms in total. The van der Waals surface area contributed by atoms with Gasteiger partial charge in [-0.3, -0.25) is 5.43 Å². The second-order valence-corrected chi connectivity index (χ2v) is 9.20. The maximum Gasteiger partial charge on any atom is 0.209 e. The summed E-state index contributed by atoms with van der Waals surface area (Å²) in [5.41, 5.74) is 14.3. The Balaban J connectivity index is 1.81. The monoisotopic (exact) mass is 442 g/mol. The molecule has 0 aliphatic carbocycles. The van der Waals surface area contributed by atoms with Crippen molar-refractivity contribution in [1.29, 1.82) is 0 Å². The van der Waals surface area contributed by atoms with Crippen LogP contribution in [0.1, 0.15) is 12.5 Å². The molecule has 1 aliphatic heterocycles. The number of nitrogens with two attached hydrogens (primary N) is 1. The van der Waals surface area contributed by atoms with Crippen LogP contribution in [0.3, 0.4) is 0 Å². The lowest BCUT2D eigenvalue weighted by molar-refractivity contribution is 0.436. The third kappa shape index (κ3) is 5.06. The molecule has 0 radical (unpaired) electrons. The molecule has 0 amide bonds. The van der Waals surface area contributed by atoms with Crippen molar-refractivity contribution in [3.8, 4) is 11.1 Å². The number of halogens is 2. The molecule has 0 saturated carbocycles. The molecule has 1 aliphatic rings. The van der Waals surface area contributed by atoms with E-state index in [1.165, 1.54) is 0 Å². The molecule has 150 valence electrons. The minimum absolute atomic E-state index is 0.215. The fourth-order valence-electron chi connectivity index (χ4n) is 2.75. The number of nitrogens with one attached hydrogen (secondary N) is 4. The maximum absolute atomic E-state index is 11.2. The molecule has 0 spiro atoms. The van der Waals surface area contributed by atoms with Crippen molar-refractivity contribution in [2.75, 3.05) is 11.6 Å². The zero-order valence-corrected chi connectivity index (χ0v) is 17.5. The molecule has 28 heavy (non-hydrogen) atoms. The average molecular weight is 443 g/mol. The summed E-state index contributed by atoms with van der Waals surface area (Å²) in [5, 5.41) is 4.10. The molecule has 2 aromatic rings. The molecule has 0 fully saturated rings. The highest BCUT2D eigenvalue weighted by Gasteiger charge is 2.28. The van der Waals surface area contributed by atoms with Gasteiger partial charge in [0.2, 0.25) is 21.8 Å². The van der Waals surface area contributed by atoms with Crippen LogP contribution in [-0.2, 0) is 16.6 Å². The summed E-state index contributed by atoms with van der Waals surface area (Å²) < 4.78 is 24.9. The van der Waals surface area contributed by atoms with E-state index in [2.05, 4.69) is 25.9 Å². The Kier molecular flexibility index (Phi) is 5.74. The molecule has 0 saturated heterocycles. The van der Waals surface area contributed by atoms with E-state index in [1.54, 1.807) is 19.1 Å². The first kappa shape index (κ1) is 20.7. The number of hydrogen-bond donors (Lipinski definition) is 5. The van der Waals surface area contributed by atoms with Crippen molar-refractivity contribution in [1.82, 2.24) is 15.6 Å². The van der Waals surface area contributed by atoms with Gasteiger partial charge in [0.15, 0.2) is 0 Å². The van der Waals surface area contributed by atoms with Crippen LogP contribution >= 0.6 is 23.2 Å². The Morgan fingerprint density at radius 2 is 1.79 bits per heavy atom. The molecular formula is C17H20Cl2N6O2S. The van der Waals surface area contributed by atoms with Gasteiger partial charge in [0.25, 0.3) is 0 Å². The van der Waals surface area contributed by atoms with Gasteiger partial charge < -0.3 is 11.1 Å². The van der Waals surface area contributed by atoms with Crippen LogP contribution in [-0.4, -0.2) is 26.4 Å². The van der Waals surface area contributed by atoms with Gasteiger partial charge in [-0.05, 0) is 30.2 Å². The molecular weight excluding hydrogens is 423 g/mol. The fraction of sp³-hybridized carbons (Fsp3) is 0.235. The molecule has 0 bridgehead atoms. The number of hydrogen-bond acceptors (Lipinski definition) is 7. The second kappa shape index (κ2) is 7.76. The van der Waals surface area contributed by atoms with Crippen molar-refractivity contribution in [3.05, 3.63) is 52.0 Å². The summed E-state index contributed by atoms with van der Waals surface area (Å²) in [7, 11) is -3.25. The molecule has 3 rings (SSSR count). The van der Waals surface area contributed by atoms with E-state index in [9.17, 15) is 8.42 Å². The number of aliphatic imine (C=N–C) groups is 1. The summed E-state index contributed by atoms with van der Waals surface area (Å²) in [6.07, 6.45) is 1.12. The number of guanidine groups is 1. The van der Waals surface area contributed by atoms with Gasteiger partial charge in [0.05, 0.1) is 16.3 Å². The Hall–Kier alpha value is -2.04. The Labute approximate surface area is 173 Å². The average Bonchev–Trinajstić information content (AvgIpc) is 2.91. The lowest BCUT2D eigenvalue weighted by Gasteiger charge is -2.24.